The Morgan fingerprint density at radius 1 is 0.368 bits per heavy atom. The van der Waals surface area contributed by atoms with Crippen LogP contribution in [0.2, 0.25) is 0 Å². The van der Waals surface area contributed by atoms with Crippen molar-refractivity contribution in [3.05, 3.63) is 214 Å². The molecular formula is C68H76. The van der Waals surface area contributed by atoms with Gasteiger partial charge < -0.3 is 0 Å². The maximum atomic E-state index is 2.67. The van der Waals surface area contributed by atoms with E-state index in [0.29, 0.717) is 0 Å². The molecule has 0 saturated heterocycles. The van der Waals surface area contributed by atoms with Crippen molar-refractivity contribution >= 4 is 11.1 Å². The lowest BCUT2D eigenvalue weighted by atomic mass is 9.68. The zero-order chi connectivity index (χ0) is 47.3. The lowest BCUT2D eigenvalue weighted by molar-refractivity contribution is 0.397. The van der Waals surface area contributed by atoms with Gasteiger partial charge in [-0.3, -0.25) is 0 Å². The first-order valence-corrected chi connectivity index (χ1v) is 26.6. The number of hydrogen-bond donors (Lipinski definition) is 0. The van der Waals surface area contributed by atoms with Gasteiger partial charge in [0.2, 0.25) is 0 Å². The van der Waals surface area contributed by atoms with Gasteiger partial charge in [0.25, 0.3) is 0 Å². The molecule has 68 heavy (non-hydrogen) atoms. The van der Waals surface area contributed by atoms with Crippen LogP contribution in [0.3, 0.4) is 0 Å². The molecule has 0 unspecified atom stereocenters. The van der Waals surface area contributed by atoms with Gasteiger partial charge in [-0.2, -0.15) is 0 Å². The number of fused-ring (bicyclic) bond motifs is 6. The third-order valence-electron chi connectivity index (χ3n) is 16.5. The zero-order valence-electron chi connectivity index (χ0n) is 42.5. The highest BCUT2D eigenvalue weighted by atomic mass is 14.5. The van der Waals surface area contributed by atoms with E-state index in [0.717, 1.165) is 0 Å². The normalized spacial score (nSPS) is 14.3. The zero-order valence-corrected chi connectivity index (χ0v) is 42.5. The molecule has 0 nitrogen and oxygen atoms in total. The average molecular weight is 893 g/mol. The average Bonchev–Trinajstić information content (AvgIpc) is 3.85. The van der Waals surface area contributed by atoms with Crippen LogP contribution in [-0.2, 0) is 16.2 Å². The summed E-state index contributed by atoms with van der Waals surface area (Å²) in [6.07, 6.45) is 18.2. The van der Waals surface area contributed by atoms with Gasteiger partial charge in [-0.25, -0.2) is 0 Å². The Morgan fingerprint density at radius 3 is 1.32 bits per heavy atom. The van der Waals surface area contributed by atoms with Crippen LogP contribution in [0.15, 0.2) is 164 Å². The molecule has 2 aliphatic carbocycles. The largest absolute Gasteiger partial charge is 0.0654 e. The standard InChI is InChI=1S/C68H76/c1-8-10-12-14-16-27-43-68(44-28-17-15-13-11-9-2)63-46-52(36-40-59(63)60-42-38-56(48-64(60)68)67(6,7)54-33-25-20-26-34-54)51-35-39-57-58-41-37-55(66(4,5)53-31-23-19-24-32-53)47-62(58)65(61(57)45-51)49(3)50-29-21-18-22-30-50/h18-26,29-42,45-48H,8-17,27-28,43-44H2,1-7H3/b65-49+. The molecule has 2 aliphatic rings. The fourth-order valence-electron chi connectivity index (χ4n) is 12.1. The van der Waals surface area contributed by atoms with Crippen molar-refractivity contribution in [2.24, 2.45) is 0 Å². The van der Waals surface area contributed by atoms with Crippen LogP contribution >= 0.6 is 0 Å². The predicted molar refractivity (Wildman–Crippen MR) is 295 cm³/mol. The van der Waals surface area contributed by atoms with E-state index in [4.69, 9.17) is 0 Å². The van der Waals surface area contributed by atoms with Crippen molar-refractivity contribution in [3.63, 3.8) is 0 Å². The first kappa shape index (κ1) is 47.4. The van der Waals surface area contributed by atoms with Crippen molar-refractivity contribution in [1.29, 1.82) is 0 Å². The molecule has 0 spiro atoms. The molecular weight excluding hydrogens is 817 g/mol. The van der Waals surface area contributed by atoms with Crippen LogP contribution in [0, 0.1) is 0 Å². The van der Waals surface area contributed by atoms with Crippen molar-refractivity contribution in [1.82, 2.24) is 0 Å². The number of allylic oxidation sites excluding steroid dienone is 1. The summed E-state index contributed by atoms with van der Waals surface area (Å²) in [5.41, 5.74) is 23.2. The number of benzene rings is 7. The summed E-state index contributed by atoms with van der Waals surface area (Å²) in [6.45, 7) is 16.6. The molecule has 0 heteroatoms. The maximum Gasteiger partial charge on any atom is 0.0215 e. The Balaban J connectivity index is 1.16. The van der Waals surface area contributed by atoms with E-state index in [1.165, 1.54) is 173 Å². The Labute approximate surface area is 411 Å². The molecule has 0 radical (unpaired) electrons. The molecule has 7 aromatic carbocycles. The van der Waals surface area contributed by atoms with E-state index in [2.05, 4.69) is 212 Å². The van der Waals surface area contributed by atoms with E-state index in [-0.39, 0.29) is 16.2 Å². The number of hydrogen-bond acceptors (Lipinski definition) is 0. The molecule has 0 saturated carbocycles. The van der Waals surface area contributed by atoms with E-state index in [1.54, 1.807) is 11.1 Å². The first-order valence-electron chi connectivity index (χ1n) is 26.6. The highest BCUT2D eigenvalue weighted by Gasteiger charge is 2.43. The highest BCUT2D eigenvalue weighted by Crippen LogP contribution is 2.57. The minimum atomic E-state index is -0.139. The van der Waals surface area contributed by atoms with Gasteiger partial charge >= 0.3 is 0 Å². The summed E-state index contributed by atoms with van der Waals surface area (Å²) in [6, 6.07) is 63.1. The molecule has 0 atom stereocenters. The highest BCUT2D eigenvalue weighted by molar-refractivity contribution is 6.10. The molecule has 0 aliphatic heterocycles. The summed E-state index contributed by atoms with van der Waals surface area (Å²) in [5, 5.41) is 0. The van der Waals surface area contributed by atoms with Gasteiger partial charge in [-0.05, 0) is 133 Å². The van der Waals surface area contributed by atoms with Gasteiger partial charge in [-0.1, -0.05) is 264 Å². The lowest BCUT2D eigenvalue weighted by Gasteiger charge is -2.35. The van der Waals surface area contributed by atoms with Gasteiger partial charge in [0, 0.05) is 16.2 Å². The van der Waals surface area contributed by atoms with Gasteiger partial charge in [0.05, 0.1) is 0 Å². The van der Waals surface area contributed by atoms with Crippen molar-refractivity contribution < 1.29 is 0 Å². The Morgan fingerprint density at radius 2 is 0.779 bits per heavy atom. The van der Waals surface area contributed by atoms with Gasteiger partial charge in [0.1, 0.15) is 0 Å². The molecule has 0 amide bonds. The van der Waals surface area contributed by atoms with Crippen molar-refractivity contribution in [2.75, 3.05) is 0 Å². The summed E-state index contributed by atoms with van der Waals surface area (Å²) in [5.74, 6) is 0. The maximum absolute atomic E-state index is 2.67. The minimum absolute atomic E-state index is 0.0250. The van der Waals surface area contributed by atoms with Crippen LogP contribution in [0.25, 0.3) is 44.5 Å². The second-order valence-electron chi connectivity index (χ2n) is 21.5. The van der Waals surface area contributed by atoms with Gasteiger partial charge in [-0.15, -0.1) is 0 Å². The van der Waals surface area contributed by atoms with Crippen molar-refractivity contribution in [2.45, 2.75) is 155 Å². The topological polar surface area (TPSA) is 0 Å². The van der Waals surface area contributed by atoms with Crippen LogP contribution in [-0.4, -0.2) is 0 Å². The Bertz CT molecular complexity index is 2830. The number of unbranched alkanes of at least 4 members (excludes halogenated alkanes) is 10. The van der Waals surface area contributed by atoms with E-state index in [9.17, 15) is 0 Å². The third kappa shape index (κ3) is 9.13. The quantitative estimate of drug-likeness (QED) is 0.0669. The fraction of sp³-hybridized carbons (Fsp3) is 0.353. The summed E-state index contributed by atoms with van der Waals surface area (Å²) in [4.78, 5) is 0. The molecule has 9 rings (SSSR count). The van der Waals surface area contributed by atoms with E-state index >= 15 is 0 Å². The lowest BCUT2D eigenvalue weighted by Crippen LogP contribution is -2.27. The van der Waals surface area contributed by atoms with E-state index in [1.807, 2.05) is 0 Å². The Hall–Kier alpha value is -5.72. The predicted octanol–water partition coefficient (Wildman–Crippen LogP) is 19.7. The van der Waals surface area contributed by atoms with Gasteiger partial charge in [0.15, 0.2) is 0 Å². The van der Waals surface area contributed by atoms with Crippen LogP contribution in [0.4, 0.5) is 0 Å². The Kier molecular flexibility index (Phi) is 14.3. The fourth-order valence-corrected chi connectivity index (χ4v) is 12.1. The van der Waals surface area contributed by atoms with Crippen LogP contribution in [0.5, 0.6) is 0 Å². The molecule has 0 N–H and O–H groups in total. The molecule has 0 aromatic heterocycles. The smallest absolute Gasteiger partial charge is 0.0215 e. The molecule has 348 valence electrons. The molecule has 7 aromatic rings. The molecule has 0 heterocycles. The summed E-state index contributed by atoms with van der Waals surface area (Å²) >= 11 is 0. The monoisotopic (exact) mass is 893 g/mol. The molecule has 0 bridgehead atoms. The SMILES string of the molecule is CCCCCCCCC1(CCCCCCCC)c2cc(-c3ccc4c(c3)/C(=C(/C)c3ccccc3)c3cc(C(C)(C)c5ccccc5)ccc3-4)ccc2-c2ccc(C(C)(C)c3ccccc3)cc21. The summed E-state index contributed by atoms with van der Waals surface area (Å²) in [7, 11) is 0. The minimum Gasteiger partial charge on any atom is -0.0654 e. The second kappa shape index (κ2) is 20.5. The summed E-state index contributed by atoms with van der Waals surface area (Å²) < 4.78 is 0. The molecule has 0 fully saturated rings. The third-order valence-corrected chi connectivity index (χ3v) is 16.5. The van der Waals surface area contributed by atoms with Crippen LogP contribution < -0.4 is 0 Å². The first-order chi connectivity index (χ1) is 33.1. The van der Waals surface area contributed by atoms with E-state index < -0.39 is 0 Å². The van der Waals surface area contributed by atoms with Crippen molar-refractivity contribution in [3.8, 4) is 33.4 Å². The van der Waals surface area contributed by atoms with Crippen LogP contribution in [0.1, 0.15) is 188 Å². The number of rotatable bonds is 20. The second-order valence-corrected chi connectivity index (χ2v) is 21.5.